The number of nitrogens with one attached hydrogen (secondary N) is 2. The van der Waals surface area contributed by atoms with Crippen molar-refractivity contribution in [3.63, 3.8) is 0 Å². The van der Waals surface area contributed by atoms with Gasteiger partial charge in [0.25, 0.3) is 0 Å². The number of rotatable bonds is 3. The fourth-order valence-corrected chi connectivity index (χ4v) is 4.60. The number of likely N-dealkylation sites (tertiary alicyclic amines) is 1. The van der Waals surface area contributed by atoms with Crippen molar-refractivity contribution >= 4 is 5.91 Å². The van der Waals surface area contributed by atoms with Crippen molar-refractivity contribution in [2.75, 3.05) is 20.2 Å². The molecule has 8 nitrogen and oxygen atoms in total. The number of aromatic nitrogens is 2. The Morgan fingerprint density at radius 2 is 2.12 bits per heavy atom. The van der Waals surface area contributed by atoms with Gasteiger partial charge in [0.1, 0.15) is 11.6 Å². The SMILES string of the molecule is COc1ccc2cc1Oc1cccc(c1)CO[C@@H]1CCN(Cc3ncc[nH]3)C[C@@H]1NC(=O)CC2. The molecule has 8 heteroatoms. The van der Waals surface area contributed by atoms with Crippen LogP contribution in [0.2, 0.25) is 0 Å². The van der Waals surface area contributed by atoms with Crippen LogP contribution < -0.4 is 14.8 Å². The number of hydrogen-bond acceptors (Lipinski definition) is 6. The highest BCUT2D eigenvalue weighted by atomic mass is 16.5. The summed E-state index contributed by atoms with van der Waals surface area (Å²) in [4.78, 5) is 22.7. The number of aromatic amines is 1. The topological polar surface area (TPSA) is 88.7 Å². The van der Waals surface area contributed by atoms with E-state index in [1.165, 1.54) is 0 Å². The Morgan fingerprint density at radius 1 is 1.18 bits per heavy atom. The van der Waals surface area contributed by atoms with Gasteiger partial charge in [-0.2, -0.15) is 0 Å². The van der Waals surface area contributed by atoms with Crippen molar-refractivity contribution in [2.45, 2.75) is 44.6 Å². The molecule has 2 aromatic carbocycles. The molecule has 0 radical (unpaired) electrons. The van der Waals surface area contributed by atoms with E-state index in [1.54, 1.807) is 13.3 Å². The molecule has 34 heavy (non-hydrogen) atoms. The fourth-order valence-electron chi connectivity index (χ4n) is 4.60. The summed E-state index contributed by atoms with van der Waals surface area (Å²) in [5, 5.41) is 3.24. The van der Waals surface area contributed by atoms with Crippen LogP contribution in [0.15, 0.2) is 54.9 Å². The molecule has 3 heterocycles. The summed E-state index contributed by atoms with van der Waals surface area (Å²) in [5.41, 5.74) is 2.04. The lowest BCUT2D eigenvalue weighted by Crippen LogP contribution is -2.55. The van der Waals surface area contributed by atoms with Crippen LogP contribution in [0.4, 0.5) is 0 Å². The average molecular weight is 463 g/mol. The Kier molecular flexibility index (Phi) is 6.78. The first-order valence-electron chi connectivity index (χ1n) is 11.7. The molecular weight excluding hydrogens is 432 g/mol. The highest BCUT2D eigenvalue weighted by Gasteiger charge is 2.31. The van der Waals surface area contributed by atoms with Gasteiger partial charge < -0.3 is 24.5 Å². The fraction of sp³-hybridized carbons (Fsp3) is 0.385. The first kappa shape index (κ1) is 22.4. The number of piperidine rings is 1. The maximum Gasteiger partial charge on any atom is 0.220 e. The predicted octanol–water partition coefficient (Wildman–Crippen LogP) is 3.43. The van der Waals surface area contributed by atoms with Crippen LogP contribution in [0.1, 0.15) is 29.8 Å². The Bertz CT molecular complexity index is 1120. The van der Waals surface area contributed by atoms with Gasteiger partial charge in [-0.25, -0.2) is 4.98 Å². The molecule has 1 fully saturated rings. The zero-order valence-corrected chi connectivity index (χ0v) is 19.3. The minimum Gasteiger partial charge on any atom is -0.493 e. The number of H-pyrrole nitrogens is 1. The van der Waals surface area contributed by atoms with E-state index in [0.29, 0.717) is 37.5 Å². The van der Waals surface area contributed by atoms with E-state index in [0.717, 1.165) is 42.2 Å². The van der Waals surface area contributed by atoms with Crippen molar-refractivity contribution < 1.29 is 19.0 Å². The lowest BCUT2D eigenvalue weighted by Gasteiger charge is -2.38. The zero-order chi connectivity index (χ0) is 23.3. The van der Waals surface area contributed by atoms with Crippen molar-refractivity contribution in [1.82, 2.24) is 20.2 Å². The molecule has 178 valence electrons. The average Bonchev–Trinajstić information content (AvgIpc) is 3.35. The Hall–Kier alpha value is -3.36. The van der Waals surface area contributed by atoms with Gasteiger partial charge >= 0.3 is 0 Å². The van der Waals surface area contributed by atoms with Crippen LogP contribution >= 0.6 is 0 Å². The number of aryl methyl sites for hydroxylation is 1. The molecule has 3 aromatic rings. The molecule has 5 rings (SSSR count). The third kappa shape index (κ3) is 5.40. The molecule has 4 bridgehead atoms. The Balaban J connectivity index is 1.38. The van der Waals surface area contributed by atoms with Gasteiger partial charge in [-0.1, -0.05) is 18.2 Å². The number of methoxy groups -OCH3 is 1. The largest absolute Gasteiger partial charge is 0.493 e. The normalized spacial score (nSPS) is 21.4. The molecule has 2 aliphatic rings. The van der Waals surface area contributed by atoms with Gasteiger partial charge in [-0.3, -0.25) is 9.69 Å². The lowest BCUT2D eigenvalue weighted by molar-refractivity contribution is -0.124. The first-order chi connectivity index (χ1) is 16.7. The highest BCUT2D eigenvalue weighted by molar-refractivity contribution is 5.76. The minimum atomic E-state index is -0.0906. The quantitative estimate of drug-likeness (QED) is 0.620. The smallest absolute Gasteiger partial charge is 0.220 e. The summed E-state index contributed by atoms with van der Waals surface area (Å²) in [6, 6.07) is 13.6. The Labute approximate surface area is 199 Å². The number of carbonyl (C=O) groups excluding carboxylic acids is 1. The second-order valence-electron chi connectivity index (χ2n) is 8.82. The highest BCUT2D eigenvalue weighted by Crippen LogP contribution is 2.33. The molecule has 0 aliphatic carbocycles. The summed E-state index contributed by atoms with van der Waals surface area (Å²) in [7, 11) is 1.62. The molecule has 2 aliphatic heterocycles. The minimum absolute atomic E-state index is 0.0205. The second kappa shape index (κ2) is 10.3. The van der Waals surface area contributed by atoms with Crippen LogP contribution in [-0.2, 0) is 29.1 Å². The molecule has 1 saturated heterocycles. The van der Waals surface area contributed by atoms with E-state index in [9.17, 15) is 4.79 Å². The van der Waals surface area contributed by atoms with E-state index >= 15 is 0 Å². The van der Waals surface area contributed by atoms with E-state index in [4.69, 9.17) is 14.2 Å². The molecule has 1 amide bonds. The summed E-state index contributed by atoms with van der Waals surface area (Å²) in [5.74, 6) is 2.96. The standard InChI is InChI=1S/C26H30N4O4/c1-32-23-7-5-18-6-8-26(31)29-21-15-30(16-25-27-10-11-28-25)12-9-22(21)33-17-19-3-2-4-20(13-19)34-24(23)14-18/h2-5,7,10-11,13-14,21-22H,6,8-9,12,15-17H2,1H3,(H,27,28)(H,29,31)/t21-,22+/m0/s1. The summed E-state index contributed by atoms with van der Waals surface area (Å²) < 4.78 is 18.0. The Morgan fingerprint density at radius 3 is 2.97 bits per heavy atom. The van der Waals surface area contributed by atoms with E-state index in [-0.39, 0.29) is 18.1 Å². The van der Waals surface area contributed by atoms with Gasteiger partial charge in [-0.15, -0.1) is 0 Å². The van der Waals surface area contributed by atoms with Crippen molar-refractivity contribution in [1.29, 1.82) is 0 Å². The number of nitrogens with zero attached hydrogens (tertiary/aromatic N) is 2. The number of amides is 1. The molecule has 0 unspecified atom stereocenters. The van der Waals surface area contributed by atoms with Crippen molar-refractivity contribution in [3.8, 4) is 17.2 Å². The summed E-state index contributed by atoms with van der Waals surface area (Å²) in [6.45, 7) is 2.77. The number of carbonyl (C=O) groups is 1. The number of benzene rings is 2. The zero-order valence-electron chi connectivity index (χ0n) is 19.3. The van der Waals surface area contributed by atoms with E-state index < -0.39 is 0 Å². The first-order valence-corrected chi connectivity index (χ1v) is 11.7. The molecule has 2 atom stereocenters. The molecule has 0 spiro atoms. The third-order valence-corrected chi connectivity index (χ3v) is 6.37. The van der Waals surface area contributed by atoms with Crippen LogP contribution in [0.25, 0.3) is 0 Å². The number of ether oxygens (including phenoxy) is 3. The van der Waals surface area contributed by atoms with Crippen LogP contribution in [-0.4, -0.2) is 53.1 Å². The van der Waals surface area contributed by atoms with Crippen molar-refractivity contribution in [2.24, 2.45) is 0 Å². The maximum absolute atomic E-state index is 12.9. The van der Waals surface area contributed by atoms with Gasteiger partial charge in [0.05, 0.1) is 32.4 Å². The number of fused-ring (bicyclic) bond motifs is 5. The van der Waals surface area contributed by atoms with Crippen LogP contribution in [0, 0.1) is 0 Å². The monoisotopic (exact) mass is 462 g/mol. The number of imidazole rings is 1. The van der Waals surface area contributed by atoms with Gasteiger partial charge in [0, 0.05) is 31.9 Å². The summed E-state index contributed by atoms with van der Waals surface area (Å²) >= 11 is 0. The molecule has 0 saturated carbocycles. The predicted molar refractivity (Wildman–Crippen MR) is 127 cm³/mol. The van der Waals surface area contributed by atoms with Crippen LogP contribution in [0.3, 0.4) is 0 Å². The van der Waals surface area contributed by atoms with E-state index in [1.807, 2.05) is 48.7 Å². The van der Waals surface area contributed by atoms with Gasteiger partial charge in [0.15, 0.2) is 11.5 Å². The lowest BCUT2D eigenvalue weighted by atomic mass is 10.0. The molecule has 2 N–H and O–H groups in total. The molecule has 1 aromatic heterocycles. The number of hydrogen-bond donors (Lipinski definition) is 2. The molecular formula is C26H30N4O4. The van der Waals surface area contributed by atoms with Gasteiger partial charge in [-0.05, 0) is 48.2 Å². The van der Waals surface area contributed by atoms with Gasteiger partial charge in [0.2, 0.25) is 5.91 Å². The van der Waals surface area contributed by atoms with Crippen molar-refractivity contribution in [3.05, 3.63) is 71.8 Å². The maximum atomic E-state index is 12.9. The van der Waals surface area contributed by atoms with Crippen LogP contribution in [0.5, 0.6) is 17.2 Å². The third-order valence-electron chi connectivity index (χ3n) is 6.37. The summed E-state index contributed by atoms with van der Waals surface area (Å²) in [6.07, 6.45) is 5.37. The van der Waals surface area contributed by atoms with E-state index in [2.05, 4.69) is 20.2 Å². The second-order valence-corrected chi connectivity index (χ2v) is 8.82.